The summed E-state index contributed by atoms with van der Waals surface area (Å²) in [6.45, 7) is 5.33. The van der Waals surface area contributed by atoms with Crippen molar-refractivity contribution in [2.45, 2.75) is 32.9 Å². The lowest BCUT2D eigenvalue weighted by Crippen LogP contribution is -2.48. The van der Waals surface area contributed by atoms with E-state index in [1.807, 2.05) is 73.4 Å². The molecule has 3 aliphatic heterocycles. The van der Waals surface area contributed by atoms with E-state index in [1.54, 1.807) is 0 Å². The average molecular weight is 386 g/mol. The summed E-state index contributed by atoms with van der Waals surface area (Å²) >= 11 is 0. The minimum Gasteiger partial charge on any atom is -0.353 e. The monoisotopic (exact) mass is 386 g/mol. The molecule has 4 atom stereocenters. The van der Waals surface area contributed by atoms with Gasteiger partial charge in [0, 0.05) is 5.69 Å². The third-order valence-corrected chi connectivity index (χ3v) is 6.49. The molecule has 5 rings (SSSR count). The van der Waals surface area contributed by atoms with Crippen molar-refractivity contribution in [3.05, 3.63) is 65.2 Å². The normalized spacial score (nSPS) is 27.1. The lowest BCUT2D eigenvalue weighted by atomic mass is 9.88. The number of ketones is 1. The maximum Gasteiger partial charge on any atom is 0.240 e. The van der Waals surface area contributed by atoms with Gasteiger partial charge in [0.2, 0.25) is 11.8 Å². The molecule has 2 aromatic carbocycles. The number of aryl methyl sites for hydroxylation is 2. The van der Waals surface area contributed by atoms with Crippen LogP contribution >= 0.6 is 0 Å². The molecule has 2 aromatic rings. The fourth-order valence-electron chi connectivity index (χ4n) is 5.35. The highest BCUT2D eigenvalue weighted by Gasteiger charge is 2.63. The lowest BCUT2D eigenvalue weighted by molar-refractivity contribution is -0.126. The van der Waals surface area contributed by atoms with Gasteiger partial charge < -0.3 is 4.90 Å². The van der Waals surface area contributed by atoms with E-state index in [0.717, 1.165) is 22.4 Å². The first-order valence-electron chi connectivity index (χ1n) is 9.92. The molecule has 2 fully saturated rings. The van der Waals surface area contributed by atoms with Gasteiger partial charge in [-0.05, 0) is 43.5 Å². The molecule has 0 bridgehead atoms. The summed E-state index contributed by atoms with van der Waals surface area (Å²) in [6, 6.07) is 12.6. The molecule has 0 N–H and O–H groups in total. The van der Waals surface area contributed by atoms with E-state index >= 15 is 0 Å². The van der Waals surface area contributed by atoms with Crippen LogP contribution in [0.5, 0.6) is 0 Å². The third kappa shape index (κ3) is 2.30. The van der Waals surface area contributed by atoms with Crippen molar-refractivity contribution >= 4 is 35.0 Å². The van der Waals surface area contributed by atoms with Gasteiger partial charge in [-0.1, -0.05) is 48.6 Å². The number of nitrogens with zero attached hydrogens (tertiary/aromatic N) is 2. The number of amides is 2. The summed E-state index contributed by atoms with van der Waals surface area (Å²) in [6.07, 6.45) is 3.97. The molecule has 5 nitrogen and oxygen atoms in total. The van der Waals surface area contributed by atoms with Gasteiger partial charge in [-0.15, -0.1) is 0 Å². The van der Waals surface area contributed by atoms with Crippen LogP contribution in [0, 0.1) is 25.7 Å². The Bertz CT molecular complexity index is 1080. The van der Waals surface area contributed by atoms with E-state index in [9.17, 15) is 14.4 Å². The zero-order valence-electron chi connectivity index (χ0n) is 16.6. The number of benzene rings is 2. The molecule has 3 aliphatic rings. The molecule has 3 heterocycles. The SMILES string of the molecule is CC(=O)[C@@H]1[C@H]2C(=O)N(c3c(C)cccc3C)C(=O)[C@H]2[C@@H]2C=Cc3ccccc3N12. The highest BCUT2D eigenvalue weighted by molar-refractivity contribution is 6.25. The number of para-hydroxylation sites is 2. The molecule has 0 unspecified atom stereocenters. The number of imide groups is 1. The Hall–Kier alpha value is -3.21. The predicted molar refractivity (Wildman–Crippen MR) is 112 cm³/mol. The summed E-state index contributed by atoms with van der Waals surface area (Å²) in [5, 5.41) is 0. The van der Waals surface area contributed by atoms with Gasteiger partial charge in [-0.2, -0.15) is 0 Å². The minimum absolute atomic E-state index is 0.0860. The van der Waals surface area contributed by atoms with E-state index in [0.29, 0.717) is 5.69 Å². The van der Waals surface area contributed by atoms with Crippen molar-refractivity contribution in [2.24, 2.45) is 11.8 Å². The summed E-state index contributed by atoms with van der Waals surface area (Å²) in [7, 11) is 0. The quantitative estimate of drug-likeness (QED) is 0.744. The molecular formula is C24H22N2O3. The van der Waals surface area contributed by atoms with Crippen molar-refractivity contribution < 1.29 is 14.4 Å². The highest BCUT2D eigenvalue weighted by Crippen LogP contribution is 2.49. The largest absolute Gasteiger partial charge is 0.353 e. The smallest absolute Gasteiger partial charge is 0.240 e. The van der Waals surface area contributed by atoms with Crippen LogP contribution in [0.25, 0.3) is 6.08 Å². The molecule has 2 saturated heterocycles. The first-order chi connectivity index (χ1) is 13.9. The number of carbonyl (C=O) groups is 3. The summed E-state index contributed by atoms with van der Waals surface area (Å²) in [5.41, 5.74) is 4.33. The van der Waals surface area contributed by atoms with Crippen LogP contribution in [0.3, 0.4) is 0 Å². The van der Waals surface area contributed by atoms with E-state index in [4.69, 9.17) is 0 Å². The molecule has 0 aromatic heterocycles. The first kappa shape index (κ1) is 17.9. The Kier molecular flexibility index (Phi) is 3.78. The van der Waals surface area contributed by atoms with Gasteiger partial charge >= 0.3 is 0 Å². The third-order valence-electron chi connectivity index (χ3n) is 6.49. The Morgan fingerprint density at radius 3 is 2.24 bits per heavy atom. The standard InChI is InChI=1S/C24H22N2O3/c1-13-7-6-8-14(2)21(13)26-23(28)19-18-12-11-16-9-4-5-10-17(16)25(18)22(15(3)27)20(19)24(26)29/h4-12,18-20,22H,1-3H3/t18-,19-,20-,22+/m0/s1. The molecule has 0 spiro atoms. The average Bonchev–Trinajstić information content (AvgIpc) is 3.17. The van der Waals surface area contributed by atoms with Crippen LogP contribution in [0.15, 0.2) is 48.5 Å². The maximum absolute atomic E-state index is 13.6. The van der Waals surface area contributed by atoms with Crippen LogP contribution in [0.4, 0.5) is 11.4 Å². The fourth-order valence-corrected chi connectivity index (χ4v) is 5.35. The van der Waals surface area contributed by atoms with Gasteiger partial charge in [0.25, 0.3) is 0 Å². The van der Waals surface area contributed by atoms with E-state index in [-0.39, 0.29) is 23.6 Å². The molecule has 5 heteroatoms. The number of fused-ring (bicyclic) bond motifs is 5. The molecule has 0 radical (unpaired) electrons. The first-order valence-corrected chi connectivity index (χ1v) is 9.92. The maximum atomic E-state index is 13.6. The predicted octanol–water partition coefficient (Wildman–Crippen LogP) is 3.28. The second kappa shape index (κ2) is 6.14. The van der Waals surface area contributed by atoms with Crippen LogP contribution < -0.4 is 9.80 Å². The molecule has 2 amide bonds. The van der Waals surface area contributed by atoms with Gasteiger partial charge in [0.15, 0.2) is 5.78 Å². The lowest BCUT2D eigenvalue weighted by Gasteiger charge is -2.36. The summed E-state index contributed by atoms with van der Waals surface area (Å²) in [5.74, 6) is -1.78. The van der Waals surface area contributed by atoms with Gasteiger partial charge in [-0.3, -0.25) is 14.4 Å². The number of Topliss-reactive ketones (excluding diaryl/α,β-unsaturated/α-hetero) is 1. The van der Waals surface area contributed by atoms with Crippen molar-refractivity contribution in [2.75, 3.05) is 9.80 Å². The molecule has 0 aliphatic carbocycles. The number of rotatable bonds is 2. The van der Waals surface area contributed by atoms with Crippen molar-refractivity contribution in [3.8, 4) is 0 Å². The second-order valence-electron chi connectivity index (χ2n) is 8.18. The van der Waals surface area contributed by atoms with E-state index in [2.05, 4.69) is 0 Å². The van der Waals surface area contributed by atoms with Gasteiger partial charge in [0.1, 0.15) is 6.04 Å². The van der Waals surface area contributed by atoms with Gasteiger partial charge in [0.05, 0.1) is 23.6 Å². The number of carbonyl (C=O) groups excluding carboxylic acids is 3. The van der Waals surface area contributed by atoms with Crippen LogP contribution in [0.1, 0.15) is 23.6 Å². The van der Waals surface area contributed by atoms with Crippen LogP contribution in [-0.4, -0.2) is 29.7 Å². The topological polar surface area (TPSA) is 57.7 Å². The second-order valence-corrected chi connectivity index (χ2v) is 8.18. The number of hydrogen-bond donors (Lipinski definition) is 0. The zero-order valence-corrected chi connectivity index (χ0v) is 16.6. The molecule has 146 valence electrons. The molecule has 0 saturated carbocycles. The van der Waals surface area contributed by atoms with Crippen LogP contribution in [0.2, 0.25) is 0 Å². The van der Waals surface area contributed by atoms with E-state index < -0.39 is 17.9 Å². The van der Waals surface area contributed by atoms with E-state index in [1.165, 1.54) is 11.8 Å². The molecular weight excluding hydrogens is 364 g/mol. The Morgan fingerprint density at radius 1 is 0.897 bits per heavy atom. The van der Waals surface area contributed by atoms with Crippen molar-refractivity contribution in [1.29, 1.82) is 0 Å². The Balaban J connectivity index is 1.66. The summed E-state index contributed by atoms with van der Waals surface area (Å²) in [4.78, 5) is 43.2. The summed E-state index contributed by atoms with van der Waals surface area (Å²) < 4.78 is 0. The van der Waals surface area contributed by atoms with Crippen molar-refractivity contribution in [3.63, 3.8) is 0 Å². The Labute approximate surface area is 169 Å². The Morgan fingerprint density at radius 2 is 1.55 bits per heavy atom. The fraction of sp³-hybridized carbons (Fsp3) is 0.292. The minimum atomic E-state index is -0.667. The van der Waals surface area contributed by atoms with Crippen LogP contribution in [-0.2, 0) is 14.4 Å². The molecule has 29 heavy (non-hydrogen) atoms. The number of hydrogen-bond acceptors (Lipinski definition) is 4. The van der Waals surface area contributed by atoms with Gasteiger partial charge in [-0.25, -0.2) is 4.90 Å². The number of anilines is 2. The highest BCUT2D eigenvalue weighted by atomic mass is 16.2. The zero-order chi connectivity index (χ0) is 20.4. The van der Waals surface area contributed by atoms with Crippen molar-refractivity contribution in [1.82, 2.24) is 0 Å².